The van der Waals surface area contributed by atoms with E-state index in [9.17, 15) is 4.79 Å². The van der Waals surface area contributed by atoms with Crippen molar-refractivity contribution in [1.82, 2.24) is 19.5 Å². The van der Waals surface area contributed by atoms with Gasteiger partial charge in [0.15, 0.2) is 5.79 Å². The lowest BCUT2D eigenvalue weighted by molar-refractivity contribution is -0.183. The molecule has 1 amide bonds. The fourth-order valence-corrected chi connectivity index (χ4v) is 3.06. The quantitative estimate of drug-likeness (QED) is 0.773. The molecule has 4 heterocycles. The summed E-state index contributed by atoms with van der Waals surface area (Å²) in [6.07, 6.45) is 8.34. The number of nitrogens with zero attached hydrogens (tertiary/aromatic N) is 4. The number of carbonyl (C=O) groups is 1. The van der Waals surface area contributed by atoms with Gasteiger partial charge in [-0.1, -0.05) is 0 Å². The Morgan fingerprint density at radius 1 is 1.29 bits per heavy atom. The van der Waals surface area contributed by atoms with Crippen LogP contribution in [0.4, 0.5) is 0 Å². The maximum atomic E-state index is 12.7. The molecule has 110 valence electrons. The first-order valence-corrected chi connectivity index (χ1v) is 7.12. The van der Waals surface area contributed by atoms with Crippen molar-refractivity contribution in [2.24, 2.45) is 0 Å². The fourth-order valence-electron chi connectivity index (χ4n) is 3.06. The first kappa shape index (κ1) is 12.7. The third kappa shape index (κ3) is 2.09. The van der Waals surface area contributed by atoms with Crippen molar-refractivity contribution >= 4 is 11.4 Å². The molecular formula is C14H16N4O3. The van der Waals surface area contributed by atoms with Gasteiger partial charge in [-0.25, -0.2) is 4.52 Å². The van der Waals surface area contributed by atoms with Crippen LogP contribution in [0, 0.1) is 0 Å². The normalized spacial score (nSPS) is 21.2. The molecule has 0 unspecified atom stereocenters. The zero-order valence-electron chi connectivity index (χ0n) is 11.6. The summed E-state index contributed by atoms with van der Waals surface area (Å²) in [7, 11) is 0. The molecule has 7 heteroatoms. The van der Waals surface area contributed by atoms with Crippen LogP contribution >= 0.6 is 0 Å². The monoisotopic (exact) mass is 288 g/mol. The summed E-state index contributed by atoms with van der Waals surface area (Å²) in [5, 5.41) is 4.19. The summed E-state index contributed by atoms with van der Waals surface area (Å²) in [5.74, 6) is -0.647. The molecule has 0 N–H and O–H groups in total. The van der Waals surface area contributed by atoms with E-state index in [1.165, 1.54) is 0 Å². The maximum Gasteiger partial charge on any atom is 0.257 e. The van der Waals surface area contributed by atoms with Crippen molar-refractivity contribution < 1.29 is 14.3 Å². The lowest BCUT2D eigenvalue weighted by Crippen LogP contribution is -2.51. The van der Waals surface area contributed by atoms with Crippen LogP contribution < -0.4 is 0 Å². The maximum absolute atomic E-state index is 12.7. The number of carbonyl (C=O) groups excluding carboxylic acids is 1. The van der Waals surface area contributed by atoms with Crippen molar-refractivity contribution in [2.45, 2.75) is 18.6 Å². The van der Waals surface area contributed by atoms with E-state index in [2.05, 4.69) is 10.1 Å². The van der Waals surface area contributed by atoms with Crippen LogP contribution in [0.1, 0.15) is 23.2 Å². The molecule has 4 rings (SSSR count). The summed E-state index contributed by atoms with van der Waals surface area (Å²) in [6, 6.07) is 0. The second-order valence-corrected chi connectivity index (χ2v) is 5.40. The van der Waals surface area contributed by atoms with Crippen LogP contribution in [0.15, 0.2) is 24.8 Å². The molecular weight excluding hydrogens is 272 g/mol. The van der Waals surface area contributed by atoms with Gasteiger partial charge in [0.1, 0.15) is 0 Å². The topological polar surface area (TPSA) is 69.0 Å². The molecule has 2 aliphatic heterocycles. The molecule has 0 atom stereocenters. The Morgan fingerprint density at radius 2 is 2.14 bits per heavy atom. The van der Waals surface area contributed by atoms with Crippen LogP contribution in [0.25, 0.3) is 5.52 Å². The molecule has 2 saturated heterocycles. The van der Waals surface area contributed by atoms with Gasteiger partial charge in [-0.3, -0.25) is 9.78 Å². The SMILES string of the molecule is O=C(c1cnn2ccncc12)N1CCCC2(C1)OCCO2. The van der Waals surface area contributed by atoms with E-state index in [0.717, 1.165) is 18.4 Å². The minimum atomic E-state index is -0.602. The van der Waals surface area contributed by atoms with Gasteiger partial charge >= 0.3 is 0 Å². The predicted molar refractivity (Wildman–Crippen MR) is 72.8 cm³/mol. The summed E-state index contributed by atoms with van der Waals surface area (Å²) in [5.41, 5.74) is 1.29. The van der Waals surface area contributed by atoms with E-state index in [-0.39, 0.29) is 5.91 Å². The highest BCUT2D eigenvalue weighted by atomic mass is 16.7. The third-order valence-electron chi connectivity index (χ3n) is 4.07. The number of piperidine rings is 1. The van der Waals surface area contributed by atoms with E-state index in [1.807, 2.05) is 0 Å². The lowest BCUT2D eigenvalue weighted by atomic mass is 10.0. The van der Waals surface area contributed by atoms with E-state index < -0.39 is 5.79 Å². The summed E-state index contributed by atoms with van der Waals surface area (Å²) in [6.45, 7) is 2.39. The van der Waals surface area contributed by atoms with Gasteiger partial charge < -0.3 is 14.4 Å². The number of amides is 1. The first-order valence-electron chi connectivity index (χ1n) is 7.12. The number of aromatic nitrogens is 3. The van der Waals surface area contributed by atoms with E-state index in [0.29, 0.717) is 31.9 Å². The summed E-state index contributed by atoms with van der Waals surface area (Å²) < 4.78 is 13.1. The molecule has 1 spiro atoms. The van der Waals surface area contributed by atoms with Gasteiger partial charge in [0.2, 0.25) is 0 Å². The number of hydrogen-bond donors (Lipinski definition) is 0. The van der Waals surface area contributed by atoms with Gasteiger partial charge in [0.05, 0.1) is 43.2 Å². The number of ether oxygens (including phenoxy) is 2. The summed E-state index contributed by atoms with van der Waals surface area (Å²) in [4.78, 5) is 18.6. The molecule has 7 nitrogen and oxygen atoms in total. The van der Waals surface area contributed by atoms with E-state index in [4.69, 9.17) is 9.47 Å². The molecule has 21 heavy (non-hydrogen) atoms. The third-order valence-corrected chi connectivity index (χ3v) is 4.07. The molecule has 0 radical (unpaired) electrons. The predicted octanol–water partition coefficient (Wildman–Crippen LogP) is 0.708. The molecule has 0 aromatic carbocycles. The van der Waals surface area contributed by atoms with Crippen LogP contribution in [-0.4, -0.2) is 57.5 Å². The van der Waals surface area contributed by atoms with E-state index >= 15 is 0 Å². The zero-order valence-corrected chi connectivity index (χ0v) is 11.6. The minimum absolute atomic E-state index is 0.0452. The smallest absolute Gasteiger partial charge is 0.257 e. The van der Waals surface area contributed by atoms with Crippen molar-refractivity contribution in [3.63, 3.8) is 0 Å². The van der Waals surface area contributed by atoms with Crippen molar-refractivity contribution in [1.29, 1.82) is 0 Å². The van der Waals surface area contributed by atoms with Crippen LogP contribution in [-0.2, 0) is 9.47 Å². The molecule has 2 aromatic heterocycles. The Labute approximate surface area is 121 Å². The van der Waals surface area contributed by atoms with Crippen LogP contribution in [0.3, 0.4) is 0 Å². The molecule has 0 saturated carbocycles. The number of rotatable bonds is 1. The highest BCUT2D eigenvalue weighted by Gasteiger charge is 2.42. The standard InChI is InChI=1S/C14H16N4O3/c19-13(11-8-16-18-5-3-15-9-12(11)18)17-4-1-2-14(10-17)20-6-7-21-14/h3,5,8-9H,1-2,4,6-7,10H2. The van der Waals surface area contributed by atoms with Crippen molar-refractivity contribution in [3.05, 3.63) is 30.4 Å². The van der Waals surface area contributed by atoms with Gasteiger partial charge in [0.25, 0.3) is 5.91 Å². The average Bonchev–Trinajstić information content (AvgIpc) is 3.14. The molecule has 2 aromatic rings. The largest absolute Gasteiger partial charge is 0.346 e. The molecule has 0 bridgehead atoms. The fraction of sp³-hybridized carbons (Fsp3) is 0.500. The van der Waals surface area contributed by atoms with Crippen LogP contribution in [0.2, 0.25) is 0 Å². The summed E-state index contributed by atoms with van der Waals surface area (Å²) >= 11 is 0. The average molecular weight is 288 g/mol. The first-order chi connectivity index (χ1) is 10.3. The van der Waals surface area contributed by atoms with Gasteiger partial charge in [0, 0.05) is 25.4 Å². The van der Waals surface area contributed by atoms with E-state index in [1.54, 1.807) is 34.2 Å². The Bertz CT molecular complexity index is 678. The number of fused-ring (bicyclic) bond motifs is 1. The zero-order chi connectivity index (χ0) is 14.3. The Morgan fingerprint density at radius 3 is 3.00 bits per heavy atom. The van der Waals surface area contributed by atoms with Crippen LogP contribution in [0.5, 0.6) is 0 Å². The minimum Gasteiger partial charge on any atom is -0.346 e. The Balaban J connectivity index is 1.62. The lowest BCUT2D eigenvalue weighted by Gasteiger charge is -2.38. The highest BCUT2D eigenvalue weighted by molar-refractivity contribution is 6.00. The molecule has 2 aliphatic rings. The second-order valence-electron chi connectivity index (χ2n) is 5.40. The number of hydrogen-bond acceptors (Lipinski definition) is 5. The van der Waals surface area contributed by atoms with Crippen molar-refractivity contribution in [3.8, 4) is 0 Å². The molecule has 0 aliphatic carbocycles. The Hall–Kier alpha value is -1.99. The number of likely N-dealkylation sites (tertiary alicyclic amines) is 1. The molecule has 2 fully saturated rings. The Kier molecular flexibility index (Phi) is 2.90. The van der Waals surface area contributed by atoms with Gasteiger partial charge in [-0.2, -0.15) is 5.10 Å². The van der Waals surface area contributed by atoms with Gasteiger partial charge in [-0.15, -0.1) is 0 Å². The highest BCUT2D eigenvalue weighted by Crippen LogP contribution is 2.31. The second kappa shape index (κ2) is 4.78. The van der Waals surface area contributed by atoms with Crippen molar-refractivity contribution in [2.75, 3.05) is 26.3 Å². The van der Waals surface area contributed by atoms with Gasteiger partial charge in [-0.05, 0) is 6.42 Å².